The van der Waals surface area contributed by atoms with Gasteiger partial charge in [-0.15, -0.1) is 0 Å². The van der Waals surface area contributed by atoms with Crippen molar-refractivity contribution in [3.63, 3.8) is 0 Å². The van der Waals surface area contributed by atoms with Crippen LogP contribution in [0.3, 0.4) is 0 Å². The van der Waals surface area contributed by atoms with Crippen LogP contribution in [0.5, 0.6) is 0 Å². The van der Waals surface area contributed by atoms with Gasteiger partial charge in [0.15, 0.2) is 0 Å². The second kappa shape index (κ2) is 5.63. The maximum absolute atomic E-state index is 6.18. The molecule has 0 bridgehead atoms. The predicted octanol–water partition coefficient (Wildman–Crippen LogP) is 5.35. The summed E-state index contributed by atoms with van der Waals surface area (Å²) in [6, 6.07) is 9.01. The second-order valence-electron chi connectivity index (χ2n) is 9.60. The summed E-state index contributed by atoms with van der Waals surface area (Å²) in [5.74, 6) is 0. The normalized spacial score (nSPS) is 20.8. The minimum atomic E-state index is -0.260. The Hall–Kier alpha value is -0.795. The Morgan fingerprint density at radius 3 is 1.57 bits per heavy atom. The fourth-order valence-corrected chi connectivity index (χ4v) is 3.00. The second-order valence-corrected chi connectivity index (χ2v) is 9.60. The molecule has 0 spiro atoms. The van der Waals surface area contributed by atoms with E-state index in [0.29, 0.717) is 0 Å². The molecule has 23 heavy (non-hydrogen) atoms. The SMILES string of the molecule is CC(C)(C)c1ccc(C(C)(C)CB2OC(C)(C)C(C)(C)O2)cc1. The molecule has 0 unspecified atom stereocenters. The van der Waals surface area contributed by atoms with Crippen LogP contribution in [0, 0.1) is 0 Å². The molecule has 1 saturated heterocycles. The van der Waals surface area contributed by atoms with Crippen molar-refractivity contribution >= 4 is 7.12 Å². The van der Waals surface area contributed by atoms with E-state index in [1.807, 2.05) is 0 Å². The Bertz CT molecular complexity index is 534. The first kappa shape index (κ1) is 18.5. The molecule has 1 aromatic carbocycles. The molecule has 2 rings (SSSR count). The van der Waals surface area contributed by atoms with Gasteiger partial charge in [-0.3, -0.25) is 0 Å². The zero-order valence-electron chi connectivity index (χ0n) is 16.4. The Kier molecular flexibility index (Phi) is 4.54. The summed E-state index contributed by atoms with van der Waals surface area (Å²) in [6.45, 7) is 19.7. The van der Waals surface area contributed by atoms with E-state index in [1.165, 1.54) is 11.1 Å². The highest BCUT2D eigenvalue weighted by molar-refractivity contribution is 6.45. The van der Waals surface area contributed by atoms with Crippen molar-refractivity contribution < 1.29 is 9.31 Å². The number of rotatable bonds is 3. The van der Waals surface area contributed by atoms with E-state index < -0.39 is 0 Å². The van der Waals surface area contributed by atoms with Gasteiger partial charge in [0.2, 0.25) is 0 Å². The third-order valence-corrected chi connectivity index (χ3v) is 5.51. The summed E-state index contributed by atoms with van der Waals surface area (Å²) in [5.41, 5.74) is 2.38. The Labute approximate surface area is 143 Å². The van der Waals surface area contributed by atoms with Crippen LogP contribution in [0.25, 0.3) is 0 Å². The van der Waals surface area contributed by atoms with Crippen molar-refractivity contribution in [2.24, 2.45) is 0 Å². The third-order valence-electron chi connectivity index (χ3n) is 5.51. The summed E-state index contributed by atoms with van der Waals surface area (Å²) < 4.78 is 12.4. The Morgan fingerprint density at radius 1 is 0.783 bits per heavy atom. The van der Waals surface area contributed by atoms with Crippen LogP contribution in [0.1, 0.15) is 73.4 Å². The van der Waals surface area contributed by atoms with E-state index in [0.717, 1.165) is 6.32 Å². The van der Waals surface area contributed by atoms with Crippen molar-refractivity contribution in [3.05, 3.63) is 35.4 Å². The average molecular weight is 316 g/mol. The van der Waals surface area contributed by atoms with Gasteiger partial charge >= 0.3 is 7.12 Å². The summed E-state index contributed by atoms with van der Waals surface area (Å²) in [5, 5.41) is 0. The smallest absolute Gasteiger partial charge is 0.403 e. The van der Waals surface area contributed by atoms with Crippen molar-refractivity contribution in [2.75, 3.05) is 0 Å². The molecule has 1 aliphatic heterocycles. The van der Waals surface area contributed by atoms with E-state index in [4.69, 9.17) is 9.31 Å². The van der Waals surface area contributed by atoms with Gasteiger partial charge in [-0.2, -0.15) is 0 Å². The van der Waals surface area contributed by atoms with Gasteiger partial charge in [0.25, 0.3) is 0 Å². The minimum absolute atomic E-state index is 0.0115. The first-order chi connectivity index (χ1) is 10.2. The highest BCUT2D eigenvalue weighted by Gasteiger charge is 2.52. The molecule has 1 fully saturated rings. The molecule has 128 valence electrons. The average Bonchev–Trinajstić information content (AvgIpc) is 2.55. The van der Waals surface area contributed by atoms with Gasteiger partial charge in [-0.25, -0.2) is 0 Å². The van der Waals surface area contributed by atoms with Crippen molar-refractivity contribution in [1.82, 2.24) is 0 Å². The maximum atomic E-state index is 6.18. The third kappa shape index (κ3) is 3.83. The predicted molar refractivity (Wildman–Crippen MR) is 99.1 cm³/mol. The van der Waals surface area contributed by atoms with Gasteiger partial charge < -0.3 is 9.31 Å². The quantitative estimate of drug-likeness (QED) is 0.699. The topological polar surface area (TPSA) is 18.5 Å². The zero-order valence-corrected chi connectivity index (χ0v) is 16.4. The summed E-state index contributed by atoms with van der Waals surface area (Å²) in [7, 11) is -0.155. The Balaban J connectivity index is 2.14. The highest BCUT2D eigenvalue weighted by Crippen LogP contribution is 2.41. The molecule has 0 saturated carbocycles. The highest BCUT2D eigenvalue weighted by atomic mass is 16.7. The van der Waals surface area contributed by atoms with Gasteiger partial charge in [0, 0.05) is 0 Å². The molecule has 0 N–H and O–H groups in total. The van der Waals surface area contributed by atoms with Crippen LogP contribution in [0.15, 0.2) is 24.3 Å². The minimum Gasteiger partial charge on any atom is -0.403 e. The van der Waals surface area contributed by atoms with Crippen LogP contribution in [-0.4, -0.2) is 18.3 Å². The lowest BCUT2D eigenvalue weighted by molar-refractivity contribution is 0.00578. The molecule has 0 aromatic heterocycles. The molecule has 1 heterocycles. The summed E-state index contributed by atoms with van der Waals surface area (Å²) >= 11 is 0. The lowest BCUT2D eigenvalue weighted by atomic mass is 9.66. The van der Waals surface area contributed by atoms with Gasteiger partial charge in [0.1, 0.15) is 0 Å². The van der Waals surface area contributed by atoms with Crippen LogP contribution >= 0.6 is 0 Å². The molecule has 0 aliphatic carbocycles. The first-order valence-electron chi connectivity index (χ1n) is 8.71. The maximum Gasteiger partial charge on any atom is 0.458 e. The molecule has 1 aromatic rings. The fraction of sp³-hybridized carbons (Fsp3) is 0.700. The number of benzene rings is 1. The Morgan fingerprint density at radius 2 is 1.17 bits per heavy atom. The van der Waals surface area contributed by atoms with E-state index in [-0.39, 0.29) is 29.2 Å². The van der Waals surface area contributed by atoms with Crippen molar-refractivity contribution in [3.8, 4) is 0 Å². The lowest BCUT2D eigenvalue weighted by Crippen LogP contribution is -2.41. The fourth-order valence-electron chi connectivity index (χ4n) is 3.00. The monoisotopic (exact) mass is 316 g/mol. The van der Waals surface area contributed by atoms with E-state index in [1.54, 1.807) is 0 Å². The summed E-state index contributed by atoms with van der Waals surface area (Å²) in [6.07, 6.45) is 0.856. The van der Waals surface area contributed by atoms with Gasteiger partial charge in [0.05, 0.1) is 11.2 Å². The van der Waals surface area contributed by atoms with E-state index >= 15 is 0 Å². The van der Waals surface area contributed by atoms with Crippen LogP contribution in [-0.2, 0) is 20.1 Å². The molecule has 2 nitrogen and oxygen atoms in total. The number of hydrogen-bond acceptors (Lipinski definition) is 2. The largest absolute Gasteiger partial charge is 0.458 e. The number of hydrogen-bond donors (Lipinski definition) is 0. The van der Waals surface area contributed by atoms with Crippen molar-refractivity contribution in [2.45, 2.75) is 90.7 Å². The molecular weight excluding hydrogens is 283 g/mol. The standard InChI is InChI=1S/C20H33BO2/c1-17(2,3)15-10-12-16(13-11-15)18(4,5)14-21-22-19(6,7)20(8,9)23-21/h10-13H,14H2,1-9H3. The molecule has 1 aliphatic rings. The lowest BCUT2D eigenvalue weighted by Gasteiger charge is -2.32. The van der Waals surface area contributed by atoms with Crippen LogP contribution in [0.4, 0.5) is 0 Å². The molecule has 0 amide bonds. The van der Waals surface area contributed by atoms with Crippen LogP contribution < -0.4 is 0 Å². The van der Waals surface area contributed by atoms with Crippen molar-refractivity contribution in [1.29, 1.82) is 0 Å². The molecule has 0 atom stereocenters. The van der Waals surface area contributed by atoms with Gasteiger partial charge in [-0.05, 0) is 56.0 Å². The molecule has 3 heteroatoms. The van der Waals surface area contributed by atoms with Crippen LogP contribution in [0.2, 0.25) is 6.32 Å². The van der Waals surface area contributed by atoms with E-state index in [2.05, 4.69) is 86.6 Å². The molecular formula is C20H33BO2. The first-order valence-corrected chi connectivity index (χ1v) is 8.71. The molecule has 0 radical (unpaired) electrons. The zero-order chi connectivity index (χ0) is 17.7. The summed E-state index contributed by atoms with van der Waals surface area (Å²) in [4.78, 5) is 0. The van der Waals surface area contributed by atoms with E-state index in [9.17, 15) is 0 Å². The van der Waals surface area contributed by atoms with Gasteiger partial charge in [-0.1, -0.05) is 58.9 Å².